The van der Waals surface area contributed by atoms with Crippen LogP contribution in [0.3, 0.4) is 0 Å². The minimum absolute atomic E-state index is 0.0981. The van der Waals surface area contributed by atoms with Crippen molar-refractivity contribution in [3.8, 4) is 27.9 Å². The minimum atomic E-state index is -0.0981. The highest BCUT2D eigenvalue weighted by Crippen LogP contribution is 2.52. The van der Waals surface area contributed by atoms with Gasteiger partial charge in [0.2, 0.25) is 0 Å². The average Bonchev–Trinajstić information content (AvgIpc) is 3.83. The third-order valence-electron chi connectivity index (χ3n) is 12.2. The van der Waals surface area contributed by atoms with Gasteiger partial charge in [0.25, 0.3) is 0 Å². The fourth-order valence-corrected chi connectivity index (χ4v) is 11.0. The Morgan fingerprint density at radius 3 is 1.83 bits per heavy atom. The van der Waals surface area contributed by atoms with Gasteiger partial charge in [-0.05, 0) is 96.7 Å². The first-order valence-corrected chi connectivity index (χ1v) is 19.3. The van der Waals surface area contributed by atoms with Crippen molar-refractivity contribution in [3.63, 3.8) is 0 Å². The van der Waals surface area contributed by atoms with Crippen molar-refractivity contribution in [2.24, 2.45) is 0 Å². The van der Waals surface area contributed by atoms with Gasteiger partial charge < -0.3 is 4.57 Å². The Labute approximate surface area is 311 Å². The summed E-state index contributed by atoms with van der Waals surface area (Å²) in [4.78, 5) is 0. The van der Waals surface area contributed by atoms with E-state index in [1.165, 1.54) is 113 Å². The summed E-state index contributed by atoms with van der Waals surface area (Å²) >= 11 is 1.89. The Hall–Kier alpha value is -6.22. The molecule has 0 spiro atoms. The molecule has 12 rings (SSSR count). The van der Waals surface area contributed by atoms with Crippen LogP contribution in [0, 0.1) is 0 Å². The first kappa shape index (κ1) is 29.4. The van der Waals surface area contributed by atoms with Crippen LogP contribution in [-0.2, 0) is 5.41 Å². The zero-order valence-electron chi connectivity index (χ0n) is 29.4. The SMILES string of the molecule is CC1(C)c2ccccc2-c2cc3c4c5c6ccccc6c6ccccc6c5ccc4n(-c4ccc(-c5cccc6c5sc5ccccc56)cc4)c3cc21. The first-order valence-electron chi connectivity index (χ1n) is 18.5. The molecule has 1 nitrogen and oxygen atoms in total. The van der Waals surface area contributed by atoms with E-state index in [0.29, 0.717) is 0 Å². The van der Waals surface area contributed by atoms with Crippen LogP contribution in [0.1, 0.15) is 25.0 Å². The van der Waals surface area contributed by atoms with Crippen molar-refractivity contribution in [1.82, 2.24) is 4.57 Å². The van der Waals surface area contributed by atoms with Crippen LogP contribution < -0.4 is 0 Å². The van der Waals surface area contributed by atoms with Crippen molar-refractivity contribution in [2.75, 3.05) is 0 Å². The summed E-state index contributed by atoms with van der Waals surface area (Å²) in [6.45, 7) is 4.77. The second-order valence-electron chi connectivity index (χ2n) is 15.2. The Balaban J connectivity index is 1.18. The highest BCUT2D eigenvalue weighted by molar-refractivity contribution is 7.26. The topological polar surface area (TPSA) is 4.93 Å². The number of benzene rings is 9. The van der Waals surface area contributed by atoms with E-state index in [-0.39, 0.29) is 5.41 Å². The number of rotatable bonds is 2. The zero-order valence-corrected chi connectivity index (χ0v) is 30.3. The summed E-state index contributed by atoms with van der Waals surface area (Å²) in [6.07, 6.45) is 0. The predicted octanol–water partition coefficient (Wildman–Crippen LogP) is 14.6. The molecular formula is C51H33NS. The molecule has 1 aliphatic rings. The summed E-state index contributed by atoms with van der Waals surface area (Å²) in [7, 11) is 0. The molecule has 2 heterocycles. The van der Waals surface area contributed by atoms with Crippen LogP contribution in [0.15, 0.2) is 164 Å². The third-order valence-corrected chi connectivity index (χ3v) is 13.4. The first-order chi connectivity index (χ1) is 26.1. The molecule has 2 heteroatoms. The minimum Gasteiger partial charge on any atom is -0.309 e. The van der Waals surface area contributed by atoms with E-state index in [2.05, 4.69) is 182 Å². The number of aromatic nitrogens is 1. The number of hydrogen-bond acceptors (Lipinski definition) is 1. The number of hydrogen-bond donors (Lipinski definition) is 0. The predicted molar refractivity (Wildman–Crippen MR) is 229 cm³/mol. The molecule has 53 heavy (non-hydrogen) atoms. The van der Waals surface area contributed by atoms with Gasteiger partial charge in [0.05, 0.1) is 11.0 Å². The van der Waals surface area contributed by atoms with E-state index >= 15 is 0 Å². The van der Waals surface area contributed by atoms with Gasteiger partial charge in [-0.2, -0.15) is 0 Å². The maximum atomic E-state index is 2.53. The normalized spacial score (nSPS) is 13.6. The summed E-state index contributed by atoms with van der Waals surface area (Å²) in [5.74, 6) is 0. The van der Waals surface area contributed by atoms with E-state index in [0.717, 1.165) is 0 Å². The lowest BCUT2D eigenvalue weighted by Gasteiger charge is -2.21. The van der Waals surface area contributed by atoms with Gasteiger partial charge in [0, 0.05) is 47.4 Å². The summed E-state index contributed by atoms with van der Waals surface area (Å²) in [5, 5.41) is 13.1. The van der Waals surface area contributed by atoms with E-state index in [9.17, 15) is 0 Å². The maximum absolute atomic E-state index is 2.53. The molecule has 0 amide bonds. The van der Waals surface area contributed by atoms with Crippen LogP contribution in [-0.4, -0.2) is 4.57 Å². The quantitative estimate of drug-likeness (QED) is 0.159. The molecule has 11 aromatic rings. The van der Waals surface area contributed by atoms with Crippen LogP contribution >= 0.6 is 11.3 Å². The van der Waals surface area contributed by atoms with E-state index < -0.39 is 0 Å². The molecule has 0 N–H and O–H groups in total. The van der Waals surface area contributed by atoms with Gasteiger partial charge in [-0.1, -0.05) is 141 Å². The molecule has 0 unspecified atom stereocenters. The molecule has 0 bridgehead atoms. The monoisotopic (exact) mass is 691 g/mol. The third kappa shape index (κ3) is 3.86. The van der Waals surface area contributed by atoms with Crippen molar-refractivity contribution < 1.29 is 0 Å². The van der Waals surface area contributed by atoms with Gasteiger partial charge in [0.15, 0.2) is 0 Å². The number of thiophene rings is 1. The van der Waals surface area contributed by atoms with Crippen LogP contribution in [0.2, 0.25) is 0 Å². The molecule has 1 aliphatic carbocycles. The van der Waals surface area contributed by atoms with Crippen LogP contribution in [0.4, 0.5) is 0 Å². The fourth-order valence-electron chi connectivity index (χ4n) is 9.74. The van der Waals surface area contributed by atoms with E-state index in [4.69, 9.17) is 0 Å². The molecule has 0 radical (unpaired) electrons. The highest BCUT2D eigenvalue weighted by atomic mass is 32.1. The van der Waals surface area contributed by atoms with Crippen molar-refractivity contribution >= 4 is 85.6 Å². The lowest BCUT2D eigenvalue weighted by atomic mass is 9.82. The summed E-state index contributed by atoms with van der Waals surface area (Å²) < 4.78 is 5.21. The number of fused-ring (bicyclic) bond motifs is 16. The molecular weight excluding hydrogens is 659 g/mol. The summed E-state index contributed by atoms with van der Waals surface area (Å²) in [6, 6.07) is 61.5. The molecule has 9 aromatic carbocycles. The van der Waals surface area contributed by atoms with Crippen LogP contribution in [0.5, 0.6) is 0 Å². The molecule has 0 saturated heterocycles. The van der Waals surface area contributed by atoms with Crippen molar-refractivity contribution in [2.45, 2.75) is 19.3 Å². The molecule has 248 valence electrons. The maximum Gasteiger partial charge on any atom is 0.0547 e. The average molecular weight is 692 g/mol. The Bertz CT molecular complexity index is 3320. The second-order valence-corrected chi connectivity index (χ2v) is 16.3. The Kier molecular flexibility index (Phi) is 5.78. The van der Waals surface area contributed by atoms with Gasteiger partial charge >= 0.3 is 0 Å². The smallest absolute Gasteiger partial charge is 0.0547 e. The Morgan fingerprint density at radius 1 is 0.415 bits per heavy atom. The van der Waals surface area contributed by atoms with E-state index in [1.807, 2.05) is 11.3 Å². The molecule has 0 aliphatic heterocycles. The van der Waals surface area contributed by atoms with Crippen molar-refractivity contribution in [3.05, 3.63) is 175 Å². The fraction of sp³-hybridized carbons (Fsp3) is 0.0588. The van der Waals surface area contributed by atoms with Gasteiger partial charge in [-0.15, -0.1) is 11.3 Å². The van der Waals surface area contributed by atoms with Gasteiger partial charge in [-0.3, -0.25) is 0 Å². The van der Waals surface area contributed by atoms with Gasteiger partial charge in [0.1, 0.15) is 0 Å². The summed E-state index contributed by atoms with van der Waals surface area (Å²) in [5.41, 5.74) is 11.6. The molecule has 0 fully saturated rings. The van der Waals surface area contributed by atoms with E-state index in [1.54, 1.807) is 0 Å². The second kappa shape index (κ2) is 10.4. The molecule has 2 aromatic heterocycles. The molecule has 0 atom stereocenters. The van der Waals surface area contributed by atoms with Crippen molar-refractivity contribution in [1.29, 1.82) is 0 Å². The standard InChI is InChI=1S/C51H33NS/c1-51(2)43-20-9-7-15-36(43)41-28-42-46(29-44(41)51)52(31-24-22-30(23-25-31)32-18-11-19-40-37-16-8-10-21-47(37)53-50(32)40)45-27-26-39-35-14-4-3-12-33(35)34-13-5-6-17-38(34)48(39)49(42)45/h3-29H,1-2H3. The number of nitrogens with zero attached hydrogens (tertiary/aromatic N) is 1. The lowest BCUT2D eigenvalue weighted by Crippen LogP contribution is -2.14. The largest absolute Gasteiger partial charge is 0.309 e. The zero-order chi connectivity index (χ0) is 35.0. The van der Waals surface area contributed by atoms with Gasteiger partial charge in [-0.25, -0.2) is 0 Å². The Morgan fingerprint density at radius 2 is 1.04 bits per heavy atom. The molecule has 0 saturated carbocycles. The van der Waals surface area contributed by atoms with Crippen LogP contribution in [0.25, 0.3) is 102 Å². The highest BCUT2D eigenvalue weighted by Gasteiger charge is 2.36. The lowest BCUT2D eigenvalue weighted by molar-refractivity contribution is 0.661.